The van der Waals surface area contributed by atoms with Gasteiger partial charge in [-0.15, -0.1) is 0 Å². The number of ether oxygens (including phenoxy) is 1. The second-order valence-electron chi connectivity index (χ2n) is 3.85. The Morgan fingerprint density at radius 3 is 2.89 bits per heavy atom. The summed E-state index contributed by atoms with van der Waals surface area (Å²) in [5.41, 5.74) is 3.43. The normalized spacial score (nSPS) is 10.4. The van der Waals surface area contributed by atoms with Crippen molar-refractivity contribution in [3.05, 3.63) is 24.3 Å². The summed E-state index contributed by atoms with van der Waals surface area (Å²) in [7, 11) is 1.83. The van der Waals surface area contributed by atoms with Crippen LogP contribution in [0.25, 0.3) is 0 Å². The molecular formula is C11H16N6O. The fraction of sp³-hybridized carbons (Fsp3) is 0.364. The Balaban J connectivity index is 2.31. The number of nitrogens with one attached hydrogen (secondary N) is 1. The molecular weight excluding hydrogens is 232 g/mol. The van der Waals surface area contributed by atoms with Crippen LogP contribution in [-0.2, 0) is 13.5 Å². The van der Waals surface area contributed by atoms with E-state index in [1.165, 1.54) is 6.33 Å². The molecule has 0 spiro atoms. The van der Waals surface area contributed by atoms with Crippen LogP contribution in [0.3, 0.4) is 0 Å². The van der Waals surface area contributed by atoms with E-state index in [4.69, 9.17) is 10.6 Å². The van der Waals surface area contributed by atoms with Crippen molar-refractivity contribution in [3.63, 3.8) is 0 Å². The van der Waals surface area contributed by atoms with E-state index < -0.39 is 0 Å². The zero-order chi connectivity index (χ0) is 13.0. The second kappa shape index (κ2) is 5.46. The summed E-state index contributed by atoms with van der Waals surface area (Å²) in [4.78, 5) is 8.22. The Hall–Kier alpha value is -2.15. The Bertz CT molecular complexity index is 524. The zero-order valence-electron chi connectivity index (χ0n) is 10.4. The molecule has 0 fully saturated rings. The molecule has 7 heteroatoms. The number of nitrogen functional groups attached to an aromatic ring is 1. The maximum absolute atomic E-state index is 5.70. The molecule has 0 amide bonds. The van der Waals surface area contributed by atoms with Gasteiger partial charge in [0.2, 0.25) is 5.88 Å². The van der Waals surface area contributed by atoms with Crippen molar-refractivity contribution < 1.29 is 4.74 Å². The SMILES string of the molecule is CCCc1c(NN)ncnc1Oc1cnn(C)c1. The van der Waals surface area contributed by atoms with E-state index in [1.807, 2.05) is 7.05 Å². The summed E-state index contributed by atoms with van der Waals surface area (Å²) in [5, 5.41) is 4.04. The fourth-order valence-corrected chi connectivity index (χ4v) is 1.65. The molecule has 0 saturated carbocycles. The average Bonchev–Trinajstić information content (AvgIpc) is 2.77. The van der Waals surface area contributed by atoms with Gasteiger partial charge in [0.25, 0.3) is 0 Å². The molecule has 0 bridgehead atoms. The maximum atomic E-state index is 5.70. The molecule has 0 radical (unpaired) electrons. The molecule has 2 rings (SSSR count). The first-order chi connectivity index (χ1) is 8.74. The first-order valence-electron chi connectivity index (χ1n) is 5.71. The average molecular weight is 248 g/mol. The van der Waals surface area contributed by atoms with Crippen molar-refractivity contribution in [1.29, 1.82) is 0 Å². The molecule has 2 aromatic rings. The van der Waals surface area contributed by atoms with Crippen LogP contribution in [0.2, 0.25) is 0 Å². The van der Waals surface area contributed by atoms with Crippen molar-refractivity contribution >= 4 is 5.82 Å². The third-order valence-corrected chi connectivity index (χ3v) is 2.44. The Morgan fingerprint density at radius 2 is 2.28 bits per heavy atom. The van der Waals surface area contributed by atoms with Gasteiger partial charge in [-0.1, -0.05) is 13.3 Å². The van der Waals surface area contributed by atoms with Gasteiger partial charge in [-0.3, -0.25) is 4.68 Å². The fourth-order valence-electron chi connectivity index (χ4n) is 1.65. The van der Waals surface area contributed by atoms with Gasteiger partial charge in [0.05, 0.1) is 18.0 Å². The lowest BCUT2D eigenvalue weighted by Crippen LogP contribution is -2.12. The molecule has 0 aliphatic carbocycles. The number of nitrogens with two attached hydrogens (primary N) is 1. The first-order valence-corrected chi connectivity index (χ1v) is 5.71. The lowest BCUT2D eigenvalue weighted by Gasteiger charge is -2.11. The van der Waals surface area contributed by atoms with Gasteiger partial charge in [0.1, 0.15) is 12.1 Å². The lowest BCUT2D eigenvalue weighted by atomic mass is 10.2. The summed E-state index contributed by atoms with van der Waals surface area (Å²) >= 11 is 0. The lowest BCUT2D eigenvalue weighted by molar-refractivity contribution is 0.454. The third-order valence-electron chi connectivity index (χ3n) is 2.44. The van der Waals surface area contributed by atoms with Gasteiger partial charge >= 0.3 is 0 Å². The maximum Gasteiger partial charge on any atom is 0.227 e. The highest BCUT2D eigenvalue weighted by molar-refractivity contribution is 5.48. The number of hydrogen-bond donors (Lipinski definition) is 2. The number of hydrazine groups is 1. The Kier molecular flexibility index (Phi) is 3.73. The molecule has 18 heavy (non-hydrogen) atoms. The summed E-state index contributed by atoms with van der Waals surface area (Å²) in [6, 6.07) is 0. The van der Waals surface area contributed by atoms with Crippen molar-refractivity contribution in [2.45, 2.75) is 19.8 Å². The van der Waals surface area contributed by atoms with Gasteiger partial charge in [-0.2, -0.15) is 5.10 Å². The highest BCUT2D eigenvalue weighted by atomic mass is 16.5. The number of rotatable bonds is 5. The molecule has 7 nitrogen and oxygen atoms in total. The monoisotopic (exact) mass is 248 g/mol. The van der Waals surface area contributed by atoms with E-state index in [9.17, 15) is 0 Å². The molecule has 0 unspecified atom stereocenters. The minimum Gasteiger partial charge on any atom is -0.435 e. The van der Waals surface area contributed by atoms with E-state index in [1.54, 1.807) is 17.1 Å². The number of aryl methyl sites for hydroxylation is 1. The molecule has 3 N–H and O–H groups in total. The van der Waals surface area contributed by atoms with Gasteiger partial charge in [0, 0.05) is 7.05 Å². The molecule has 2 heterocycles. The van der Waals surface area contributed by atoms with E-state index in [0.717, 1.165) is 18.4 Å². The molecule has 2 aromatic heterocycles. The van der Waals surface area contributed by atoms with Crippen LogP contribution in [-0.4, -0.2) is 19.7 Å². The van der Waals surface area contributed by atoms with Crippen molar-refractivity contribution in [2.24, 2.45) is 12.9 Å². The van der Waals surface area contributed by atoms with Crippen molar-refractivity contribution in [3.8, 4) is 11.6 Å². The summed E-state index contributed by atoms with van der Waals surface area (Å²) in [6.07, 6.45) is 6.56. The molecule has 0 aromatic carbocycles. The van der Waals surface area contributed by atoms with Gasteiger partial charge in [-0.25, -0.2) is 15.8 Å². The standard InChI is InChI=1S/C11H16N6O/c1-3-4-9-10(16-12)13-7-14-11(9)18-8-5-15-17(2)6-8/h5-7H,3-4,12H2,1-2H3,(H,13,14,16). The van der Waals surface area contributed by atoms with Crippen LogP contribution in [0.1, 0.15) is 18.9 Å². The van der Waals surface area contributed by atoms with Crippen LogP contribution < -0.4 is 16.0 Å². The number of anilines is 1. The number of nitrogens with zero attached hydrogens (tertiary/aromatic N) is 4. The van der Waals surface area contributed by atoms with Crippen LogP contribution in [0, 0.1) is 0 Å². The molecule has 96 valence electrons. The molecule has 0 aliphatic rings. The first kappa shape index (κ1) is 12.3. The van der Waals surface area contributed by atoms with Crippen LogP contribution >= 0.6 is 0 Å². The minimum atomic E-state index is 0.507. The second-order valence-corrected chi connectivity index (χ2v) is 3.85. The minimum absolute atomic E-state index is 0.507. The summed E-state index contributed by atoms with van der Waals surface area (Å²) < 4.78 is 7.36. The van der Waals surface area contributed by atoms with Crippen molar-refractivity contribution in [1.82, 2.24) is 19.7 Å². The Labute approximate surface area is 105 Å². The van der Waals surface area contributed by atoms with Crippen LogP contribution in [0.5, 0.6) is 11.6 Å². The molecule has 0 aliphatic heterocycles. The predicted octanol–water partition coefficient (Wildman–Crippen LogP) is 1.24. The van der Waals surface area contributed by atoms with Gasteiger partial charge < -0.3 is 10.2 Å². The van der Waals surface area contributed by atoms with E-state index in [0.29, 0.717) is 17.4 Å². The zero-order valence-corrected chi connectivity index (χ0v) is 10.4. The quantitative estimate of drug-likeness (QED) is 0.611. The molecule has 0 atom stereocenters. The number of aromatic nitrogens is 4. The van der Waals surface area contributed by atoms with E-state index in [2.05, 4.69) is 27.4 Å². The largest absolute Gasteiger partial charge is 0.435 e. The highest BCUT2D eigenvalue weighted by Crippen LogP contribution is 2.27. The van der Waals surface area contributed by atoms with Gasteiger partial charge in [0.15, 0.2) is 5.75 Å². The summed E-state index contributed by atoms with van der Waals surface area (Å²) in [6.45, 7) is 2.07. The highest BCUT2D eigenvalue weighted by Gasteiger charge is 2.12. The Morgan fingerprint density at radius 1 is 1.44 bits per heavy atom. The van der Waals surface area contributed by atoms with Crippen LogP contribution in [0.4, 0.5) is 5.82 Å². The van der Waals surface area contributed by atoms with E-state index >= 15 is 0 Å². The van der Waals surface area contributed by atoms with Crippen molar-refractivity contribution in [2.75, 3.05) is 5.43 Å². The number of hydrogen-bond acceptors (Lipinski definition) is 6. The van der Waals surface area contributed by atoms with Gasteiger partial charge in [-0.05, 0) is 6.42 Å². The smallest absolute Gasteiger partial charge is 0.227 e. The molecule has 0 saturated heterocycles. The predicted molar refractivity (Wildman–Crippen MR) is 67.1 cm³/mol. The topological polar surface area (TPSA) is 90.9 Å². The van der Waals surface area contributed by atoms with E-state index in [-0.39, 0.29) is 0 Å². The van der Waals surface area contributed by atoms with Crippen LogP contribution in [0.15, 0.2) is 18.7 Å². The third kappa shape index (κ3) is 2.57. The summed E-state index contributed by atoms with van der Waals surface area (Å²) in [5.74, 6) is 7.17.